The molecule has 2 unspecified atom stereocenters. The van der Waals surface area contributed by atoms with Gasteiger partial charge in [-0.1, -0.05) is 32.4 Å². The van der Waals surface area contributed by atoms with E-state index >= 15 is 0 Å². The molecule has 36 heavy (non-hydrogen) atoms. The Morgan fingerprint density at radius 3 is 2.44 bits per heavy atom. The van der Waals surface area contributed by atoms with Crippen molar-refractivity contribution in [3.05, 3.63) is 11.6 Å². The molecule has 0 aromatic carbocycles. The van der Waals surface area contributed by atoms with E-state index in [-0.39, 0.29) is 40.9 Å². The van der Waals surface area contributed by atoms with E-state index in [9.17, 15) is 14.0 Å². The maximum atomic E-state index is 14.3. The number of rotatable bonds is 7. The van der Waals surface area contributed by atoms with Crippen LogP contribution in [0.2, 0.25) is 0 Å². The molecule has 3 saturated carbocycles. The third kappa shape index (κ3) is 5.27. The first-order valence-electron chi connectivity index (χ1n) is 14.5. The number of halogens is 1. The van der Waals surface area contributed by atoms with E-state index in [1.54, 1.807) is 13.8 Å². The third-order valence-corrected chi connectivity index (χ3v) is 11.0. The van der Waals surface area contributed by atoms with Crippen LogP contribution in [0.1, 0.15) is 113 Å². The van der Waals surface area contributed by atoms with Crippen LogP contribution >= 0.6 is 0 Å². The Bertz CT molecular complexity index is 874. The molecule has 9 atom stereocenters. The second-order valence-electron chi connectivity index (χ2n) is 13.7. The fraction of sp³-hybridized carbons (Fsp3) is 0.871. The molecule has 4 aliphatic carbocycles. The molecule has 0 amide bonds. The number of esters is 2. The predicted molar refractivity (Wildman–Crippen MR) is 140 cm³/mol. The highest BCUT2D eigenvalue weighted by atomic mass is 19.1. The Morgan fingerprint density at radius 1 is 1.08 bits per heavy atom. The van der Waals surface area contributed by atoms with Gasteiger partial charge in [0.1, 0.15) is 17.9 Å². The fourth-order valence-corrected chi connectivity index (χ4v) is 9.25. The normalized spacial score (nSPS) is 39.7. The summed E-state index contributed by atoms with van der Waals surface area (Å²) in [5.41, 5.74) is 0.726. The largest absolute Gasteiger partial charge is 0.462 e. The van der Waals surface area contributed by atoms with Crippen LogP contribution in [0.3, 0.4) is 0 Å². The van der Waals surface area contributed by atoms with Crippen molar-refractivity contribution in [1.82, 2.24) is 0 Å². The van der Waals surface area contributed by atoms with Gasteiger partial charge in [-0.25, -0.2) is 4.39 Å². The summed E-state index contributed by atoms with van der Waals surface area (Å²) in [6.07, 6.45) is 12.3. The number of ether oxygens (including phenoxy) is 2. The molecule has 0 N–H and O–H groups in total. The van der Waals surface area contributed by atoms with Crippen molar-refractivity contribution < 1.29 is 23.5 Å². The van der Waals surface area contributed by atoms with Gasteiger partial charge in [-0.15, -0.1) is 0 Å². The van der Waals surface area contributed by atoms with E-state index in [1.165, 1.54) is 45.1 Å². The second-order valence-corrected chi connectivity index (χ2v) is 13.7. The molecular weight excluding hydrogens is 455 g/mol. The molecule has 0 saturated heterocycles. The standard InChI is InChI=1S/C31H49FO4/c1-19(28(36-21(3)34)14-15-29(4,5)32)25-10-11-26-24-9-8-22-18-23(35-20(2)33)12-16-30(22,6)27(24)13-17-31(25,26)7/h8,19,23-28H,9-18H2,1-7H3/t19-,23?,24-,25+,26-,27-,28?,30-,31+/m0/s1. The van der Waals surface area contributed by atoms with Gasteiger partial charge in [0.2, 0.25) is 0 Å². The van der Waals surface area contributed by atoms with E-state index < -0.39 is 5.67 Å². The summed E-state index contributed by atoms with van der Waals surface area (Å²) >= 11 is 0. The van der Waals surface area contributed by atoms with Crippen molar-refractivity contribution in [3.8, 4) is 0 Å². The molecule has 0 heterocycles. The summed E-state index contributed by atoms with van der Waals surface area (Å²) in [6.45, 7) is 13.5. The number of hydrogen-bond acceptors (Lipinski definition) is 4. The zero-order valence-electron chi connectivity index (χ0n) is 23.7. The lowest BCUT2D eigenvalue weighted by Crippen LogP contribution is -2.51. The van der Waals surface area contributed by atoms with E-state index in [1.807, 2.05) is 0 Å². The minimum Gasteiger partial charge on any atom is -0.462 e. The van der Waals surface area contributed by atoms with Crippen molar-refractivity contribution in [2.75, 3.05) is 0 Å². The van der Waals surface area contributed by atoms with Crippen molar-refractivity contribution in [3.63, 3.8) is 0 Å². The van der Waals surface area contributed by atoms with Crippen LogP contribution in [-0.4, -0.2) is 29.8 Å². The molecule has 3 fully saturated rings. The first kappa shape index (κ1) is 27.6. The lowest BCUT2D eigenvalue weighted by molar-refractivity contribution is -0.153. The SMILES string of the molecule is CC(=O)OC1CC[C@@]2(C)C(=CC[C@H]3[C@@H]4CC[C@H]([C@H](C)C(CCC(C)(C)F)OC(C)=O)[C@@]4(C)CC[C@@H]32)C1. The third-order valence-electron chi connectivity index (χ3n) is 11.0. The van der Waals surface area contributed by atoms with Gasteiger partial charge in [0.05, 0.1) is 0 Å². The summed E-state index contributed by atoms with van der Waals surface area (Å²) < 4.78 is 25.8. The highest BCUT2D eigenvalue weighted by Crippen LogP contribution is 2.67. The zero-order chi connectivity index (χ0) is 26.5. The second kappa shape index (κ2) is 10.1. The van der Waals surface area contributed by atoms with E-state index in [4.69, 9.17) is 9.47 Å². The summed E-state index contributed by atoms with van der Waals surface area (Å²) in [5, 5.41) is 0. The molecule has 4 nitrogen and oxygen atoms in total. The molecule has 4 aliphatic rings. The number of hydrogen-bond donors (Lipinski definition) is 0. The quantitative estimate of drug-likeness (QED) is 0.265. The number of allylic oxidation sites excluding steroid dienone is 1. The molecule has 0 radical (unpaired) electrons. The first-order chi connectivity index (χ1) is 16.7. The summed E-state index contributed by atoms with van der Waals surface area (Å²) in [5.74, 6) is 2.37. The van der Waals surface area contributed by atoms with Crippen LogP contribution in [-0.2, 0) is 19.1 Å². The van der Waals surface area contributed by atoms with Gasteiger partial charge in [0, 0.05) is 20.3 Å². The average molecular weight is 505 g/mol. The number of alkyl halides is 1. The molecule has 0 bridgehead atoms. The summed E-state index contributed by atoms with van der Waals surface area (Å²) in [6, 6.07) is 0. The van der Waals surface area contributed by atoms with E-state index in [2.05, 4.69) is 26.8 Å². The van der Waals surface area contributed by atoms with Crippen molar-refractivity contribution in [1.29, 1.82) is 0 Å². The molecule has 204 valence electrons. The minimum absolute atomic E-state index is 0.0384. The maximum Gasteiger partial charge on any atom is 0.302 e. The number of fused-ring (bicyclic) bond motifs is 5. The fourth-order valence-electron chi connectivity index (χ4n) is 9.25. The van der Waals surface area contributed by atoms with Crippen molar-refractivity contribution in [2.45, 2.75) is 131 Å². The molecule has 4 rings (SSSR count). The molecule has 0 aromatic rings. The van der Waals surface area contributed by atoms with Gasteiger partial charge in [-0.2, -0.15) is 0 Å². The molecule has 5 heteroatoms. The van der Waals surface area contributed by atoms with Gasteiger partial charge >= 0.3 is 11.9 Å². The summed E-state index contributed by atoms with van der Waals surface area (Å²) in [7, 11) is 0. The average Bonchev–Trinajstić information content (AvgIpc) is 3.12. The van der Waals surface area contributed by atoms with Gasteiger partial charge in [0.15, 0.2) is 0 Å². The first-order valence-corrected chi connectivity index (χ1v) is 14.5. The number of carbonyl (C=O) groups is 2. The Morgan fingerprint density at radius 2 is 1.81 bits per heavy atom. The molecule has 0 aliphatic heterocycles. The van der Waals surface area contributed by atoms with Crippen LogP contribution in [0.25, 0.3) is 0 Å². The smallest absolute Gasteiger partial charge is 0.302 e. The lowest BCUT2D eigenvalue weighted by atomic mass is 9.47. The lowest BCUT2D eigenvalue weighted by Gasteiger charge is -2.58. The van der Waals surface area contributed by atoms with Crippen LogP contribution in [0.4, 0.5) is 4.39 Å². The van der Waals surface area contributed by atoms with Gasteiger partial charge < -0.3 is 9.47 Å². The molecular formula is C31H49FO4. The summed E-state index contributed by atoms with van der Waals surface area (Å²) in [4.78, 5) is 23.5. The Hall–Kier alpha value is -1.39. The van der Waals surface area contributed by atoms with E-state index in [0.29, 0.717) is 36.5 Å². The monoisotopic (exact) mass is 504 g/mol. The number of carbonyl (C=O) groups excluding carboxylic acids is 2. The van der Waals surface area contributed by atoms with Gasteiger partial charge in [0.25, 0.3) is 0 Å². The predicted octanol–water partition coefficient (Wildman–Crippen LogP) is 7.59. The molecule has 0 aromatic heterocycles. The van der Waals surface area contributed by atoms with Crippen LogP contribution in [0.15, 0.2) is 11.6 Å². The molecule has 0 spiro atoms. The van der Waals surface area contributed by atoms with Crippen LogP contribution in [0, 0.1) is 40.4 Å². The Labute approximate surface area is 218 Å². The minimum atomic E-state index is -1.26. The topological polar surface area (TPSA) is 52.6 Å². The van der Waals surface area contributed by atoms with Crippen LogP contribution in [0.5, 0.6) is 0 Å². The highest BCUT2D eigenvalue weighted by molar-refractivity contribution is 5.66. The van der Waals surface area contributed by atoms with Crippen LogP contribution < -0.4 is 0 Å². The van der Waals surface area contributed by atoms with Crippen molar-refractivity contribution >= 4 is 11.9 Å². The maximum absolute atomic E-state index is 14.3. The highest BCUT2D eigenvalue weighted by Gasteiger charge is 2.60. The van der Waals surface area contributed by atoms with Gasteiger partial charge in [-0.05, 0) is 112 Å². The Kier molecular flexibility index (Phi) is 7.72. The Balaban J connectivity index is 1.51. The zero-order valence-corrected chi connectivity index (χ0v) is 23.7. The van der Waals surface area contributed by atoms with Gasteiger partial charge in [-0.3, -0.25) is 9.59 Å². The van der Waals surface area contributed by atoms with Crippen molar-refractivity contribution in [2.24, 2.45) is 40.4 Å². The van der Waals surface area contributed by atoms with E-state index in [0.717, 1.165) is 25.7 Å².